The molecule has 2 amide bonds. The van der Waals surface area contributed by atoms with Crippen LogP contribution in [0, 0.1) is 17.1 Å². The van der Waals surface area contributed by atoms with Crippen molar-refractivity contribution in [3.05, 3.63) is 71.7 Å². The normalized spacial score (nSPS) is 18.5. The van der Waals surface area contributed by atoms with Crippen molar-refractivity contribution in [2.45, 2.75) is 31.2 Å². The van der Waals surface area contributed by atoms with Gasteiger partial charge in [0.15, 0.2) is 5.17 Å². The molecular weight excluding hydrogens is 427 g/mol. The van der Waals surface area contributed by atoms with Crippen molar-refractivity contribution >= 4 is 40.5 Å². The summed E-state index contributed by atoms with van der Waals surface area (Å²) < 4.78 is 13.4. The highest BCUT2D eigenvalue weighted by molar-refractivity contribution is 8.14. The lowest BCUT2D eigenvalue weighted by molar-refractivity contribution is -0.119. The molecule has 1 heterocycles. The van der Waals surface area contributed by atoms with Crippen LogP contribution in [0.1, 0.15) is 31.2 Å². The first-order valence-corrected chi connectivity index (χ1v) is 11.3. The van der Waals surface area contributed by atoms with Gasteiger partial charge in [-0.3, -0.25) is 14.5 Å². The number of thioether (sulfide) groups is 1. The summed E-state index contributed by atoms with van der Waals surface area (Å²) in [5.74, 6) is -1.04. The van der Waals surface area contributed by atoms with E-state index in [1.165, 1.54) is 29.2 Å². The highest BCUT2D eigenvalue weighted by Gasteiger charge is 2.36. The molecule has 32 heavy (non-hydrogen) atoms. The van der Waals surface area contributed by atoms with Gasteiger partial charge in [0.05, 0.1) is 17.5 Å². The Hall–Kier alpha value is -3.44. The van der Waals surface area contributed by atoms with Gasteiger partial charge in [-0.25, -0.2) is 9.38 Å². The fourth-order valence-corrected chi connectivity index (χ4v) is 4.61. The van der Waals surface area contributed by atoms with Gasteiger partial charge in [-0.15, -0.1) is 0 Å². The molecule has 1 aliphatic heterocycles. The molecule has 6 nitrogen and oxygen atoms in total. The van der Waals surface area contributed by atoms with Crippen LogP contribution in [0.25, 0.3) is 6.08 Å². The maximum atomic E-state index is 13.4. The van der Waals surface area contributed by atoms with E-state index in [2.05, 4.69) is 16.4 Å². The van der Waals surface area contributed by atoms with Gasteiger partial charge < -0.3 is 5.32 Å². The minimum Gasteiger partial charge on any atom is -0.337 e. The first kappa shape index (κ1) is 21.8. The van der Waals surface area contributed by atoms with E-state index >= 15 is 0 Å². The first-order chi connectivity index (χ1) is 15.5. The number of hydrogen-bond donors (Lipinski definition) is 1. The Bertz CT molecular complexity index is 1120. The van der Waals surface area contributed by atoms with E-state index in [1.807, 2.05) is 30.3 Å². The molecular formula is C24H21FN4O2S. The summed E-state index contributed by atoms with van der Waals surface area (Å²) in [4.78, 5) is 31.5. The number of rotatable bonds is 5. The summed E-state index contributed by atoms with van der Waals surface area (Å²) in [5.41, 5.74) is 0.705. The smallest absolute Gasteiger partial charge is 0.283 e. The Morgan fingerprint density at radius 3 is 2.53 bits per heavy atom. The Balaban J connectivity index is 1.56. The number of nitriles is 1. The van der Waals surface area contributed by atoms with Crippen molar-refractivity contribution in [3.63, 3.8) is 0 Å². The first-order valence-electron chi connectivity index (χ1n) is 10.3. The molecule has 4 rings (SSSR count). The van der Waals surface area contributed by atoms with E-state index in [4.69, 9.17) is 0 Å². The van der Waals surface area contributed by atoms with Gasteiger partial charge in [0.1, 0.15) is 17.1 Å². The van der Waals surface area contributed by atoms with Crippen LogP contribution in [-0.4, -0.2) is 28.3 Å². The maximum Gasteiger partial charge on any atom is 0.283 e. The molecule has 2 aromatic rings. The number of aliphatic imine (C=N–C) groups is 1. The Labute approximate surface area is 189 Å². The lowest BCUT2D eigenvalue weighted by atomic mass is 10.0. The third kappa shape index (κ3) is 4.73. The van der Waals surface area contributed by atoms with Crippen molar-refractivity contribution in [2.24, 2.45) is 4.99 Å². The number of halogens is 1. The number of nitrogens with zero attached hydrogens (tertiary/aromatic N) is 3. The standard InChI is InChI=1S/C24H21FN4O2S/c25-18-8-10-19(11-9-18)29-22(31)20(14-17-6-2-1-3-7-17)27-23(29)32-15-21(30)28-24(16-26)12-4-5-13-24/h1-3,6-11,14H,4-5,12-13,15H2,(H,28,30)/b20-14+. The summed E-state index contributed by atoms with van der Waals surface area (Å²) in [6.07, 6.45) is 4.79. The summed E-state index contributed by atoms with van der Waals surface area (Å²) in [6, 6.07) is 17.1. The predicted molar refractivity (Wildman–Crippen MR) is 123 cm³/mol. The van der Waals surface area contributed by atoms with Crippen LogP contribution < -0.4 is 10.2 Å². The lowest BCUT2D eigenvalue weighted by Gasteiger charge is -2.22. The number of carbonyl (C=O) groups is 2. The zero-order valence-electron chi connectivity index (χ0n) is 17.3. The molecule has 2 aromatic carbocycles. The van der Waals surface area contributed by atoms with Gasteiger partial charge in [0.25, 0.3) is 5.91 Å². The number of hydrogen-bond acceptors (Lipinski definition) is 5. The van der Waals surface area contributed by atoms with Gasteiger partial charge in [0.2, 0.25) is 5.91 Å². The van der Waals surface area contributed by atoms with Gasteiger partial charge >= 0.3 is 0 Å². The average molecular weight is 449 g/mol. The zero-order chi connectivity index (χ0) is 22.6. The number of amidine groups is 1. The molecule has 0 aromatic heterocycles. The highest BCUT2D eigenvalue weighted by atomic mass is 32.2. The van der Waals surface area contributed by atoms with Crippen LogP contribution in [0.2, 0.25) is 0 Å². The Morgan fingerprint density at radius 1 is 1.19 bits per heavy atom. The number of benzene rings is 2. The third-order valence-electron chi connectivity index (χ3n) is 5.40. The van der Waals surface area contributed by atoms with Gasteiger partial charge in [0, 0.05) is 0 Å². The molecule has 2 aliphatic rings. The molecule has 0 spiro atoms. The fourth-order valence-electron chi connectivity index (χ4n) is 3.79. The molecule has 1 aliphatic carbocycles. The van der Waals surface area contributed by atoms with Crippen LogP contribution in [0.4, 0.5) is 10.1 Å². The minimum atomic E-state index is -0.806. The van der Waals surface area contributed by atoms with Crippen molar-refractivity contribution in [1.82, 2.24) is 5.32 Å². The van der Waals surface area contributed by atoms with Gasteiger partial charge in [-0.1, -0.05) is 42.1 Å². The molecule has 1 N–H and O–H groups in total. The zero-order valence-corrected chi connectivity index (χ0v) is 18.1. The highest BCUT2D eigenvalue weighted by Crippen LogP contribution is 2.31. The van der Waals surface area contributed by atoms with Crippen LogP contribution in [0.15, 0.2) is 65.3 Å². The van der Waals surface area contributed by atoms with Crippen molar-refractivity contribution in [1.29, 1.82) is 5.26 Å². The quantitative estimate of drug-likeness (QED) is 0.693. The van der Waals surface area contributed by atoms with Crippen molar-refractivity contribution in [3.8, 4) is 6.07 Å². The predicted octanol–water partition coefficient (Wildman–Crippen LogP) is 4.26. The van der Waals surface area contributed by atoms with Crippen molar-refractivity contribution in [2.75, 3.05) is 10.7 Å². The third-order valence-corrected chi connectivity index (χ3v) is 6.34. The number of anilines is 1. The molecule has 0 atom stereocenters. The van der Waals surface area contributed by atoms with E-state index in [-0.39, 0.29) is 23.3 Å². The number of amides is 2. The lowest BCUT2D eigenvalue weighted by Crippen LogP contribution is -2.46. The molecule has 162 valence electrons. The van der Waals surface area contributed by atoms with E-state index in [9.17, 15) is 19.2 Å². The second-order valence-corrected chi connectivity index (χ2v) is 8.63. The average Bonchev–Trinajstić information content (AvgIpc) is 3.39. The largest absolute Gasteiger partial charge is 0.337 e. The van der Waals surface area contributed by atoms with Gasteiger partial charge in [-0.05, 0) is 61.6 Å². The van der Waals surface area contributed by atoms with Crippen LogP contribution in [0.5, 0.6) is 0 Å². The molecule has 0 unspecified atom stereocenters. The second-order valence-electron chi connectivity index (χ2n) is 7.69. The van der Waals surface area contributed by atoms with E-state index in [0.717, 1.165) is 30.2 Å². The second kappa shape index (κ2) is 9.37. The maximum absolute atomic E-state index is 13.4. The van der Waals surface area contributed by atoms with Crippen molar-refractivity contribution < 1.29 is 14.0 Å². The molecule has 8 heteroatoms. The Kier molecular flexibility index (Phi) is 6.37. The summed E-state index contributed by atoms with van der Waals surface area (Å²) >= 11 is 1.11. The Morgan fingerprint density at radius 2 is 1.88 bits per heavy atom. The summed E-state index contributed by atoms with van der Waals surface area (Å²) in [7, 11) is 0. The van der Waals surface area contributed by atoms with E-state index < -0.39 is 11.4 Å². The summed E-state index contributed by atoms with van der Waals surface area (Å²) in [6.45, 7) is 0. The number of nitrogens with one attached hydrogen (secondary N) is 1. The molecule has 1 fully saturated rings. The van der Waals surface area contributed by atoms with Crippen LogP contribution >= 0.6 is 11.8 Å². The monoisotopic (exact) mass is 448 g/mol. The SMILES string of the molecule is N#CC1(NC(=O)CSC2=N/C(=C/c3ccccc3)C(=O)N2c2ccc(F)cc2)CCCC1. The van der Waals surface area contributed by atoms with Crippen LogP contribution in [0.3, 0.4) is 0 Å². The van der Waals surface area contributed by atoms with E-state index in [0.29, 0.717) is 23.7 Å². The molecule has 0 bridgehead atoms. The fraction of sp³-hybridized carbons (Fsp3) is 0.250. The molecule has 0 saturated heterocycles. The number of carbonyl (C=O) groups excluding carboxylic acids is 2. The topological polar surface area (TPSA) is 85.6 Å². The van der Waals surface area contributed by atoms with Gasteiger partial charge in [-0.2, -0.15) is 5.26 Å². The minimum absolute atomic E-state index is 0.00581. The summed E-state index contributed by atoms with van der Waals surface area (Å²) in [5, 5.41) is 12.7. The molecule has 0 radical (unpaired) electrons. The van der Waals surface area contributed by atoms with Crippen LogP contribution in [-0.2, 0) is 9.59 Å². The van der Waals surface area contributed by atoms with E-state index in [1.54, 1.807) is 6.08 Å². The molecule has 1 saturated carbocycles.